The molecule has 1 fully saturated rings. The summed E-state index contributed by atoms with van der Waals surface area (Å²) in [7, 11) is 0. The van der Waals surface area contributed by atoms with Gasteiger partial charge < -0.3 is 11.1 Å². The molecule has 2 atom stereocenters. The molecule has 0 heterocycles. The van der Waals surface area contributed by atoms with Gasteiger partial charge in [-0.05, 0) is 42.7 Å². The number of para-hydroxylation sites is 1. The quantitative estimate of drug-likeness (QED) is 0.877. The summed E-state index contributed by atoms with van der Waals surface area (Å²) < 4.78 is 0. The largest absolute Gasteiger partial charge is 0.371 e. The van der Waals surface area contributed by atoms with Gasteiger partial charge in [-0.3, -0.25) is 4.79 Å². The van der Waals surface area contributed by atoms with E-state index < -0.39 is 5.54 Å². The molecule has 1 aliphatic carbocycles. The van der Waals surface area contributed by atoms with Crippen molar-refractivity contribution in [2.24, 2.45) is 17.1 Å². The average Bonchev–Trinajstić information content (AvgIpc) is 2.33. The predicted molar refractivity (Wildman–Crippen MR) is 78.8 cm³/mol. The highest BCUT2D eigenvalue weighted by Crippen LogP contribution is 2.45. The zero-order chi connectivity index (χ0) is 14.1. The van der Waals surface area contributed by atoms with Crippen molar-refractivity contribution in [2.45, 2.75) is 45.6 Å². The number of hydrogen-bond acceptors (Lipinski definition) is 2. The third kappa shape index (κ3) is 2.75. The summed E-state index contributed by atoms with van der Waals surface area (Å²) in [5, 5.41) is 3.41. The van der Waals surface area contributed by atoms with Gasteiger partial charge >= 0.3 is 0 Å². The van der Waals surface area contributed by atoms with Crippen LogP contribution in [0.4, 0.5) is 5.69 Å². The molecule has 3 N–H and O–H groups in total. The molecule has 0 radical (unpaired) electrons. The van der Waals surface area contributed by atoms with Crippen molar-refractivity contribution in [3.05, 3.63) is 30.3 Å². The summed E-state index contributed by atoms with van der Waals surface area (Å²) in [6.45, 7) is 6.65. The molecule has 1 aromatic rings. The van der Waals surface area contributed by atoms with Crippen LogP contribution in [0.25, 0.3) is 0 Å². The molecule has 1 saturated carbocycles. The second-order valence-corrected chi connectivity index (χ2v) is 6.60. The van der Waals surface area contributed by atoms with E-state index in [1.807, 2.05) is 30.3 Å². The van der Waals surface area contributed by atoms with Crippen molar-refractivity contribution in [1.82, 2.24) is 0 Å². The van der Waals surface area contributed by atoms with Crippen LogP contribution in [0.5, 0.6) is 0 Å². The number of benzene rings is 1. The van der Waals surface area contributed by atoms with Crippen LogP contribution < -0.4 is 11.1 Å². The normalized spacial score (nSPS) is 29.7. The zero-order valence-electron chi connectivity index (χ0n) is 12.1. The first-order valence-electron chi connectivity index (χ1n) is 6.99. The van der Waals surface area contributed by atoms with Crippen molar-refractivity contribution in [3.63, 3.8) is 0 Å². The minimum absolute atomic E-state index is 0.231. The molecule has 0 bridgehead atoms. The van der Waals surface area contributed by atoms with E-state index in [9.17, 15) is 4.79 Å². The fourth-order valence-electron chi connectivity index (χ4n) is 3.28. The second kappa shape index (κ2) is 4.87. The maximum absolute atomic E-state index is 12.1. The molecule has 3 heteroatoms. The summed E-state index contributed by atoms with van der Waals surface area (Å²) in [6.07, 6.45) is 2.82. The fourth-order valence-corrected chi connectivity index (χ4v) is 3.28. The molecule has 2 unspecified atom stereocenters. The molecular formula is C16H24N2O. The molecule has 1 amide bonds. The molecule has 1 aliphatic rings. The molecule has 0 aromatic heterocycles. The number of carbonyl (C=O) groups excluding carboxylic acids is 1. The lowest BCUT2D eigenvalue weighted by molar-refractivity contribution is -0.126. The highest BCUT2D eigenvalue weighted by Gasteiger charge is 2.48. The van der Waals surface area contributed by atoms with Crippen molar-refractivity contribution in [1.29, 1.82) is 0 Å². The van der Waals surface area contributed by atoms with E-state index in [2.05, 4.69) is 26.1 Å². The second-order valence-electron chi connectivity index (χ2n) is 6.60. The third-order valence-electron chi connectivity index (χ3n) is 4.48. The molecule has 2 rings (SSSR count). The maximum atomic E-state index is 12.1. The Balaban J connectivity index is 2.27. The Hall–Kier alpha value is -1.51. The van der Waals surface area contributed by atoms with E-state index in [-0.39, 0.29) is 17.2 Å². The zero-order valence-corrected chi connectivity index (χ0v) is 12.1. The highest BCUT2D eigenvalue weighted by molar-refractivity contribution is 5.88. The van der Waals surface area contributed by atoms with Gasteiger partial charge in [0, 0.05) is 5.69 Å². The number of nitrogens with one attached hydrogen (secondary N) is 1. The van der Waals surface area contributed by atoms with Gasteiger partial charge in [0.1, 0.15) is 5.54 Å². The van der Waals surface area contributed by atoms with Crippen LogP contribution >= 0.6 is 0 Å². The lowest BCUT2D eigenvalue weighted by atomic mass is 9.63. The summed E-state index contributed by atoms with van der Waals surface area (Å²) >= 11 is 0. The van der Waals surface area contributed by atoms with Gasteiger partial charge in [0.2, 0.25) is 5.91 Å². The standard InChI is InChI=1S/C16H24N2O/c1-12-11-15(2,3)9-10-16(12,14(17)19)18-13-7-5-4-6-8-13/h4-8,12,18H,9-11H2,1-3H3,(H2,17,19). The van der Waals surface area contributed by atoms with Gasteiger partial charge in [0.05, 0.1) is 0 Å². The van der Waals surface area contributed by atoms with Crippen LogP contribution in [0.2, 0.25) is 0 Å². The van der Waals surface area contributed by atoms with Crippen molar-refractivity contribution >= 4 is 11.6 Å². The monoisotopic (exact) mass is 260 g/mol. The van der Waals surface area contributed by atoms with Crippen LogP contribution in [0.3, 0.4) is 0 Å². The molecule has 104 valence electrons. The van der Waals surface area contributed by atoms with E-state index in [1.54, 1.807) is 0 Å². The van der Waals surface area contributed by atoms with Gasteiger partial charge in [-0.25, -0.2) is 0 Å². The van der Waals surface area contributed by atoms with Crippen molar-refractivity contribution < 1.29 is 4.79 Å². The minimum Gasteiger partial charge on any atom is -0.371 e. The maximum Gasteiger partial charge on any atom is 0.243 e. The average molecular weight is 260 g/mol. The topological polar surface area (TPSA) is 55.1 Å². The van der Waals surface area contributed by atoms with Crippen LogP contribution in [-0.4, -0.2) is 11.4 Å². The molecular weight excluding hydrogens is 236 g/mol. The van der Waals surface area contributed by atoms with Crippen molar-refractivity contribution in [3.8, 4) is 0 Å². The number of rotatable bonds is 3. The van der Waals surface area contributed by atoms with Gasteiger partial charge in [0.25, 0.3) is 0 Å². The third-order valence-corrected chi connectivity index (χ3v) is 4.48. The first kappa shape index (κ1) is 13.9. The molecule has 0 saturated heterocycles. The number of nitrogens with two attached hydrogens (primary N) is 1. The van der Waals surface area contributed by atoms with Gasteiger partial charge in [-0.2, -0.15) is 0 Å². The van der Waals surface area contributed by atoms with E-state index in [1.165, 1.54) is 0 Å². The first-order valence-corrected chi connectivity index (χ1v) is 6.99. The summed E-state index contributed by atoms with van der Waals surface area (Å²) in [5.41, 5.74) is 6.37. The molecule has 0 spiro atoms. The van der Waals surface area contributed by atoms with Gasteiger partial charge in [-0.1, -0.05) is 39.0 Å². The number of carbonyl (C=O) groups is 1. The van der Waals surface area contributed by atoms with Crippen LogP contribution in [0.1, 0.15) is 40.0 Å². The van der Waals surface area contributed by atoms with Crippen LogP contribution in [0.15, 0.2) is 30.3 Å². The number of anilines is 1. The van der Waals surface area contributed by atoms with Crippen LogP contribution in [0, 0.1) is 11.3 Å². The fraction of sp³-hybridized carbons (Fsp3) is 0.562. The summed E-state index contributed by atoms with van der Waals surface area (Å²) in [4.78, 5) is 12.1. The van der Waals surface area contributed by atoms with Crippen LogP contribution in [-0.2, 0) is 4.79 Å². The SMILES string of the molecule is CC1CC(C)(C)CCC1(Nc1ccccc1)C(N)=O. The lowest BCUT2D eigenvalue weighted by Crippen LogP contribution is -2.58. The lowest BCUT2D eigenvalue weighted by Gasteiger charge is -2.47. The predicted octanol–water partition coefficient (Wildman–Crippen LogP) is 3.17. The Morgan fingerprint density at radius 2 is 1.89 bits per heavy atom. The highest BCUT2D eigenvalue weighted by atomic mass is 16.1. The molecule has 3 nitrogen and oxygen atoms in total. The number of amides is 1. The Morgan fingerprint density at radius 1 is 1.26 bits per heavy atom. The van der Waals surface area contributed by atoms with E-state index in [4.69, 9.17) is 5.73 Å². The Morgan fingerprint density at radius 3 is 2.42 bits per heavy atom. The van der Waals surface area contributed by atoms with E-state index in [0.717, 1.165) is 24.9 Å². The van der Waals surface area contributed by atoms with E-state index in [0.29, 0.717) is 0 Å². The number of hydrogen-bond donors (Lipinski definition) is 2. The Labute approximate surface area is 115 Å². The summed E-state index contributed by atoms with van der Waals surface area (Å²) in [5.74, 6) is -0.00620. The van der Waals surface area contributed by atoms with Crippen molar-refractivity contribution in [2.75, 3.05) is 5.32 Å². The van der Waals surface area contributed by atoms with Gasteiger partial charge in [-0.15, -0.1) is 0 Å². The molecule has 19 heavy (non-hydrogen) atoms. The Bertz CT molecular complexity index is 455. The molecule has 1 aromatic carbocycles. The molecule has 0 aliphatic heterocycles. The van der Waals surface area contributed by atoms with Gasteiger partial charge in [0.15, 0.2) is 0 Å². The minimum atomic E-state index is -0.614. The summed E-state index contributed by atoms with van der Waals surface area (Å²) in [6, 6.07) is 9.87. The first-order chi connectivity index (χ1) is 8.86. The smallest absolute Gasteiger partial charge is 0.243 e. The van der Waals surface area contributed by atoms with E-state index >= 15 is 0 Å². The number of primary amides is 1. The Kier molecular flexibility index (Phi) is 3.57.